The van der Waals surface area contributed by atoms with Crippen LogP contribution >= 0.6 is 0 Å². The van der Waals surface area contributed by atoms with Gasteiger partial charge in [-0.05, 0) is 68.1 Å². The van der Waals surface area contributed by atoms with Crippen LogP contribution in [0.5, 0.6) is 5.75 Å². The van der Waals surface area contributed by atoms with Crippen molar-refractivity contribution in [1.82, 2.24) is 0 Å². The fourth-order valence-electron chi connectivity index (χ4n) is 2.41. The minimum atomic E-state index is -0.608. The summed E-state index contributed by atoms with van der Waals surface area (Å²) in [5.74, 6) is 0.529. The standard InChI is InChI=1S/C20H22N2O2/c1-13-11-14(2)15(3)19(12-13)24-16(4)20(23)22-18-7-5-17(6-8-18)9-10-21/h5-8,11-12,16H,9H2,1-4H3,(H,22,23)/t16-/m1/s1. The minimum Gasteiger partial charge on any atom is -0.481 e. The first-order chi connectivity index (χ1) is 11.4. The van der Waals surface area contributed by atoms with E-state index in [2.05, 4.69) is 17.5 Å². The van der Waals surface area contributed by atoms with E-state index in [4.69, 9.17) is 10.00 Å². The molecule has 1 atom stereocenters. The van der Waals surface area contributed by atoms with Gasteiger partial charge in [0.2, 0.25) is 0 Å². The third-order valence-electron chi connectivity index (χ3n) is 3.94. The molecule has 0 saturated heterocycles. The van der Waals surface area contributed by atoms with Gasteiger partial charge in [0.05, 0.1) is 12.5 Å². The Morgan fingerprint density at radius 2 is 1.88 bits per heavy atom. The quantitative estimate of drug-likeness (QED) is 0.902. The van der Waals surface area contributed by atoms with Crippen molar-refractivity contribution < 1.29 is 9.53 Å². The molecule has 2 aromatic rings. The summed E-state index contributed by atoms with van der Waals surface area (Å²) in [6, 6.07) is 13.4. The first-order valence-electron chi connectivity index (χ1n) is 7.92. The van der Waals surface area contributed by atoms with Crippen LogP contribution in [0.1, 0.15) is 29.2 Å². The van der Waals surface area contributed by atoms with Crippen molar-refractivity contribution >= 4 is 11.6 Å². The fourth-order valence-corrected chi connectivity index (χ4v) is 2.41. The first kappa shape index (κ1) is 17.6. The van der Waals surface area contributed by atoms with Gasteiger partial charge in [0.1, 0.15) is 5.75 Å². The number of anilines is 1. The van der Waals surface area contributed by atoms with E-state index >= 15 is 0 Å². The van der Waals surface area contributed by atoms with E-state index in [1.165, 1.54) is 0 Å². The van der Waals surface area contributed by atoms with Crippen LogP contribution in [0.15, 0.2) is 36.4 Å². The van der Waals surface area contributed by atoms with Crippen molar-refractivity contribution in [3.05, 3.63) is 58.7 Å². The maximum atomic E-state index is 12.3. The van der Waals surface area contributed by atoms with Gasteiger partial charge in [0.15, 0.2) is 6.10 Å². The van der Waals surface area contributed by atoms with Gasteiger partial charge in [-0.2, -0.15) is 5.26 Å². The van der Waals surface area contributed by atoms with E-state index in [1.54, 1.807) is 19.1 Å². The van der Waals surface area contributed by atoms with Crippen LogP contribution in [0.2, 0.25) is 0 Å². The molecule has 124 valence electrons. The summed E-state index contributed by atoms with van der Waals surface area (Å²) in [4.78, 5) is 12.3. The molecule has 0 radical (unpaired) electrons. The number of aryl methyl sites for hydroxylation is 2. The van der Waals surface area contributed by atoms with Crippen molar-refractivity contribution in [2.45, 2.75) is 40.2 Å². The highest BCUT2D eigenvalue weighted by molar-refractivity contribution is 5.94. The average Bonchev–Trinajstić information content (AvgIpc) is 2.54. The Kier molecular flexibility index (Phi) is 5.59. The third-order valence-corrected chi connectivity index (χ3v) is 3.94. The average molecular weight is 322 g/mol. The van der Waals surface area contributed by atoms with Crippen molar-refractivity contribution in [1.29, 1.82) is 5.26 Å². The molecular formula is C20H22N2O2. The number of carbonyl (C=O) groups excluding carboxylic acids is 1. The Balaban J connectivity index is 2.03. The summed E-state index contributed by atoms with van der Waals surface area (Å²) in [7, 11) is 0. The van der Waals surface area contributed by atoms with Gasteiger partial charge >= 0.3 is 0 Å². The number of hydrogen-bond donors (Lipinski definition) is 1. The number of amides is 1. The molecule has 0 saturated carbocycles. The maximum Gasteiger partial charge on any atom is 0.265 e. The second-order valence-corrected chi connectivity index (χ2v) is 5.99. The molecule has 2 rings (SSSR count). The molecule has 0 aliphatic carbocycles. The maximum absolute atomic E-state index is 12.3. The van der Waals surface area contributed by atoms with E-state index in [1.807, 2.05) is 39.0 Å². The Morgan fingerprint density at radius 3 is 2.50 bits per heavy atom. The first-order valence-corrected chi connectivity index (χ1v) is 7.92. The molecule has 24 heavy (non-hydrogen) atoms. The second-order valence-electron chi connectivity index (χ2n) is 5.99. The Hall–Kier alpha value is -2.80. The number of ether oxygens (including phenoxy) is 1. The lowest BCUT2D eigenvalue weighted by atomic mass is 10.1. The lowest BCUT2D eigenvalue weighted by Crippen LogP contribution is -2.30. The van der Waals surface area contributed by atoms with Gasteiger partial charge in [-0.15, -0.1) is 0 Å². The lowest BCUT2D eigenvalue weighted by Gasteiger charge is -2.18. The zero-order valence-corrected chi connectivity index (χ0v) is 14.5. The topological polar surface area (TPSA) is 62.1 Å². The molecular weight excluding hydrogens is 300 g/mol. The summed E-state index contributed by atoms with van der Waals surface area (Å²) < 4.78 is 5.85. The summed E-state index contributed by atoms with van der Waals surface area (Å²) in [6.45, 7) is 7.76. The predicted octanol–water partition coefficient (Wildman–Crippen LogP) is 4.08. The second kappa shape index (κ2) is 7.65. The number of nitrogens with zero attached hydrogens (tertiary/aromatic N) is 1. The molecule has 4 nitrogen and oxygen atoms in total. The van der Waals surface area contributed by atoms with Crippen molar-refractivity contribution in [2.24, 2.45) is 0 Å². The summed E-state index contributed by atoms with van der Waals surface area (Å²) in [6.07, 6.45) is -0.247. The number of nitrogens with one attached hydrogen (secondary N) is 1. The molecule has 0 bridgehead atoms. The molecule has 4 heteroatoms. The van der Waals surface area contributed by atoms with Crippen LogP contribution in [0.4, 0.5) is 5.69 Å². The van der Waals surface area contributed by atoms with Gasteiger partial charge in [0.25, 0.3) is 5.91 Å². The van der Waals surface area contributed by atoms with E-state index in [0.29, 0.717) is 12.1 Å². The molecule has 0 spiro atoms. The van der Waals surface area contributed by atoms with Crippen LogP contribution in [0, 0.1) is 32.1 Å². The highest BCUT2D eigenvalue weighted by Gasteiger charge is 2.16. The molecule has 0 heterocycles. The van der Waals surface area contributed by atoms with Crippen molar-refractivity contribution in [3.63, 3.8) is 0 Å². The normalized spacial score (nSPS) is 11.5. The molecule has 1 amide bonds. The Morgan fingerprint density at radius 1 is 1.21 bits per heavy atom. The molecule has 2 aromatic carbocycles. The zero-order chi connectivity index (χ0) is 17.7. The van der Waals surface area contributed by atoms with Crippen LogP contribution in [0.3, 0.4) is 0 Å². The third kappa shape index (κ3) is 4.36. The van der Waals surface area contributed by atoms with Gasteiger partial charge in [-0.1, -0.05) is 18.2 Å². The predicted molar refractivity (Wildman–Crippen MR) is 95.1 cm³/mol. The molecule has 0 aromatic heterocycles. The largest absolute Gasteiger partial charge is 0.481 e. The van der Waals surface area contributed by atoms with Gasteiger partial charge in [-0.25, -0.2) is 0 Å². The smallest absolute Gasteiger partial charge is 0.265 e. The monoisotopic (exact) mass is 322 g/mol. The summed E-state index contributed by atoms with van der Waals surface area (Å²) in [5.41, 5.74) is 4.90. The minimum absolute atomic E-state index is 0.207. The highest BCUT2D eigenvalue weighted by Crippen LogP contribution is 2.24. The van der Waals surface area contributed by atoms with Crippen LogP contribution in [-0.2, 0) is 11.2 Å². The molecule has 0 aliphatic heterocycles. The van der Waals surface area contributed by atoms with Crippen molar-refractivity contribution in [3.8, 4) is 11.8 Å². The van der Waals surface area contributed by atoms with Gasteiger partial charge in [0, 0.05) is 5.69 Å². The van der Waals surface area contributed by atoms with Crippen molar-refractivity contribution in [2.75, 3.05) is 5.32 Å². The van der Waals surface area contributed by atoms with Gasteiger partial charge < -0.3 is 10.1 Å². The number of rotatable bonds is 5. The highest BCUT2D eigenvalue weighted by atomic mass is 16.5. The molecule has 1 N–H and O–H groups in total. The Bertz CT molecular complexity index is 773. The molecule has 0 fully saturated rings. The molecule has 0 unspecified atom stereocenters. The van der Waals surface area contributed by atoms with Crippen LogP contribution < -0.4 is 10.1 Å². The van der Waals surface area contributed by atoms with Crippen LogP contribution in [-0.4, -0.2) is 12.0 Å². The van der Waals surface area contributed by atoms with E-state index in [-0.39, 0.29) is 5.91 Å². The van der Waals surface area contributed by atoms with Gasteiger partial charge in [-0.3, -0.25) is 4.79 Å². The SMILES string of the molecule is Cc1cc(C)c(C)c(O[C@H](C)C(=O)Nc2ccc(CC#N)cc2)c1. The van der Waals surface area contributed by atoms with Crippen LogP contribution in [0.25, 0.3) is 0 Å². The number of carbonyl (C=O) groups is 1. The summed E-state index contributed by atoms with van der Waals surface area (Å²) in [5, 5.41) is 11.5. The molecule has 0 aliphatic rings. The number of hydrogen-bond acceptors (Lipinski definition) is 3. The number of benzene rings is 2. The number of nitriles is 1. The summed E-state index contributed by atoms with van der Waals surface area (Å²) >= 11 is 0. The van der Waals surface area contributed by atoms with E-state index < -0.39 is 6.10 Å². The van der Waals surface area contributed by atoms with E-state index in [0.717, 1.165) is 28.0 Å². The zero-order valence-electron chi connectivity index (χ0n) is 14.5. The fraction of sp³-hybridized carbons (Fsp3) is 0.300. The lowest BCUT2D eigenvalue weighted by molar-refractivity contribution is -0.122. The van der Waals surface area contributed by atoms with E-state index in [9.17, 15) is 4.79 Å². The Labute approximate surface area is 143 Å².